The van der Waals surface area contributed by atoms with Crippen LogP contribution in [0.25, 0.3) is 11.3 Å². The molecule has 2 heterocycles. The zero-order valence-electron chi connectivity index (χ0n) is 11.3. The molecule has 0 aromatic carbocycles. The fourth-order valence-corrected chi connectivity index (χ4v) is 4.97. The molecule has 3 saturated carbocycles. The van der Waals surface area contributed by atoms with E-state index in [1.165, 1.54) is 25.0 Å². The molecule has 2 bridgehead atoms. The van der Waals surface area contributed by atoms with Crippen LogP contribution in [0.5, 0.6) is 0 Å². The molecule has 2 N–H and O–H groups in total. The van der Waals surface area contributed by atoms with Gasteiger partial charge in [0.05, 0.1) is 18.2 Å². The molecule has 4 nitrogen and oxygen atoms in total. The van der Waals surface area contributed by atoms with Gasteiger partial charge in [-0.1, -0.05) is 0 Å². The Morgan fingerprint density at radius 1 is 1.10 bits per heavy atom. The number of nitrogens with two attached hydrogens (primary N) is 1. The van der Waals surface area contributed by atoms with E-state index in [1.807, 2.05) is 30.9 Å². The van der Waals surface area contributed by atoms with Crippen molar-refractivity contribution < 1.29 is 0 Å². The Kier molecular flexibility index (Phi) is 1.97. The number of nitrogen functional groups attached to an aromatic ring is 1. The second kappa shape index (κ2) is 3.62. The van der Waals surface area contributed by atoms with Crippen molar-refractivity contribution in [3.63, 3.8) is 0 Å². The van der Waals surface area contributed by atoms with Gasteiger partial charge in [-0.05, 0) is 55.1 Å². The molecular formula is C16H18N4. The molecule has 2 aromatic heterocycles. The van der Waals surface area contributed by atoms with Crippen molar-refractivity contribution in [1.29, 1.82) is 0 Å². The average molecular weight is 266 g/mol. The summed E-state index contributed by atoms with van der Waals surface area (Å²) in [6.07, 6.45) is 10.2. The van der Waals surface area contributed by atoms with Crippen molar-refractivity contribution in [1.82, 2.24) is 14.5 Å². The zero-order valence-corrected chi connectivity index (χ0v) is 11.3. The van der Waals surface area contributed by atoms with Gasteiger partial charge in [0.25, 0.3) is 0 Å². The number of imidazole rings is 1. The summed E-state index contributed by atoms with van der Waals surface area (Å²) in [6, 6.07) is 4.60. The lowest BCUT2D eigenvalue weighted by Gasteiger charge is -2.13. The van der Waals surface area contributed by atoms with Gasteiger partial charge in [0.1, 0.15) is 5.82 Å². The third-order valence-electron chi connectivity index (χ3n) is 5.76. The van der Waals surface area contributed by atoms with Crippen molar-refractivity contribution in [2.24, 2.45) is 23.7 Å². The quantitative estimate of drug-likeness (QED) is 0.909. The summed E-state index contributed by atoms with van der Waals surface area (Å²) in [4.78, 5) is 8.59. The third-order valence-corrected chi connectivity index (χ3v) is 5.76. The molecule has 2 aromatic rings. The van der Waals surface area contributed by atoms with E-state index in [9.17, 15) is 0 Å². The highest BCUT2D eigenvalue weighted by atomic mass is 15.1. The zero-order chi connectivity index (χ0) is 13.3. The Labute approximate surface area is 118 Å². The third kappa shape index (κ3) is 1.31. The van der Waals surface area contributed by atoms with Gasteiger partial charge in [0.15, 0.2) is 0 Å². The molecule has 0 aliphatic heterocycles. The van der Waals surface area contributed by atoms with Gasteiger partial charge in [-0.25, -0.2) is 9.97 Å². The topological polar surface area (TPSA) is 56.7 Å². The van der Waals surface area contributed by atoms with E-state index in [2.05, 4.69) is 14.5 Å². The Morgan fingerprint density at radius 3 is 2.60 bits per heavy atom. The molecule has 5 rings (SSSR count). The lowest BCUT2D eigenvalue weighted by atomic mass is 10.0. The molecule has 3 aliphatic carbocycles. The van der Waals surface area contributed by atoms with Crippen LogP contribution in [0.15, 0.2) is 30.9 Å². The molecule has 4 heteroatoms. The summed E-state index contributed by atoms with van der Waals surface area (Å²) >= 11 is 0. The molecule has 0 saturated heterocycles. The van der Waals surface area contributed by atoms with Crippen LogP contribution in [0, 0.1) is 23.7 Å². The number of hydrogen-bond donors (Lipinski definition) is 1. The van der Waals surface area contributed by atoms with Crippen molar-refractivity contribution in [2.75, 3.05) is 5.73 Å². The first-order valence-corrected chi connectivity index (χ1v) is 7.56. The van der Waals surface area contributed by atoms with E-state index in [0.717, 1.165) is 29.2 Å². The van der Waals surface area contributed by atoms with Crippen molar-refractivity contribution in [2.45, 2.75) is 25.3 Å². The van der Waals surface area contributed by atoms with Crippen LogP contribution in [0.3, 0.4) is 0 Å². The van der Waals surface area contributed by atoms with E-state index in [0.29, 0.717) is 11.9 Å². The molecular weight excluding hydrogens is 248 g/mol. The maximum absolute atomic E-state index is 5.68. The maximum atomic E-state index is 5.68. The predicted octanol–water partition coefficient (Wildman–Crippen LogP) is 2.74. The van der Waals surface area contributed by atoms with Crippen LogP contribution in [0.2, 0.25) is 0 Å². The van der Waals surface area contributed by atoms with Crippen LogP contribution < -0.4 is 5.73 Å². The van der Waals surface area contributed by atoms with Crippen LogP contribution >= 0.6 is 0 Å². The molecule has 0 radical (unpaired) electrons. The Morgan fingerprint density at radius 2 is 1.90 bits per heavy atom. The molecule has 20 heavy (non-hydrogen) atoms. The van der Waals surface area contributed by atoms with Crippen LogP contribution in [0.4, 0.5) is 5.82 Å². The van der Waals surface area contributed by atoms with E-state index < -0.39 is 0 Å². The van der Waals surface area contributed by atoms with Crippen molar-refractivity contribution in [3.05, 3.63) is 30.9 Å². The van der Waals surface area contributed by atoms with Gasteiger partial charge in [0, 0.05) is 17.8 Å². The maximum Gasteiger partial charge on any atom is 0.123 e. The van der Waals surface area contributed by atoms with E-state index >= 15 is 0 Å². The summed E-state index contributed by atoms with van der Waals surface area (Å²) in [5.74, 6) is 4.37. The van der Waals surface area contributed by atoms with Gasteiger partial charge in [-0.3, -0.25) is 0 Å². The highest BCUT2D eigenvalue weighted by Gasteiger charge is 2.65. The number of aromatic nitrogens is 3. The van der Waals surface area contributed by atoms with Crippen molar-refractivity contribution >= 4 is 5.82 Å². The fraction of sp³-hybridized carbons (Fsp3) is 0.500. The van der Waals surface area contributed by atoms with E-state index in [-0.39, 0.29) is 0 Å². The van der Waals surface area contributed by atoms with Gasteiger partial charge >= 0.3 is 0 Å². The minimum absolute atomic E-state index is 0.571. The first kappa shape index (κ1) is 10.9. The minimum atomic E-state index is 0.571. The minimum Gasteiger partial charge on any atom is -0.384 e. The number of anilines is 1. The van der Waals surface area contributed by atoms with E-state index in [1.54, 1.807) is 0 Å². The summed E-state index contributed by atoms with van der Waals surface area (Å²) in [6.45, 7) is 0. The Bertz CT molecular complexity index is 643. The molecule has 3 aliphatic rings. The lowest BCUT2D eigenvalue weighted by molar-refractivity contribution is 0.455. The number of pyridine rings is 1. The molecule has 4 atom stereocenters. The second-order valence-corrected chi connectivity index (χ2v) is 6.64. The fourth-order valence-electron chi connectivity index (χ4n) is 4.97. The molecule has 0 spiro atoms. The smallest absolute Gasteiger partial charge is 0.123 e. The van der Waals surface area contributed by atoms with Crippen LogP contribution in [-0.2, 0) is 0 Å². The highest BCUT2D eigenvalue weighted by molar-refractivity contribution is 5.59. The second-order valence-electron chi connectivity index (χ2n) is 6.64. The summed E-state index contributed by atoms with van der Waals surface area (Å²) in [5.41, 5.74) is 7.99. The van der Waals surface area contributed by atoms with Crippen LogP contribution in [0.1, 0.15) is 25.3 Å². The first-order valence-electron chi connectivity index (χ1n) is 7.56. The lowest BCUT2D eigenvalue weighted by Crippen LogP contribution is -2.05. The largest absolute Gasteiger partial charge is 0.384 e. The number of nitrogens with zero attached hydrogens (tertiary/aromatic N) is 3. The number of hydrogen-bond acceptors (Lipinski definition) is 3. The van der Waals surface area contributed by atoms with Gasteiger partial charge in [-0.15, -0.1) is 0 Å². The molecule has 102 valence electrons. The van der Waals surface area contributed by atoms with Gasteiger partial charge in [0.2, 0.25) is 0 Å². The van der Waals surface area contributed by atoms with Gasteiger partial charge in [-0.2, -0.15) is 0 Å². The normalized spacial score (nSPS) is 37.1. The van der Waals surface area contributed by atoms with Crippen molar-refractivity contribution in [3.8, 4) is 11.3 Å². The summed E-state index contributed by atoms with van der Waals surface area (Å²) in [5, 5.41) is 0. The monoisotopic (exact) mass is 266 g/mol. The number of rotatable bonds is 2. The van der Waals surface area contributed by atoms with E-state index in [4.69, 9.17) is 5.73 Å². The standard InChI is InChI=1S/C16H18N4/c17-13-4-3-11(6-19-13)12-7-18-8-20(12)16-14-9-1-2-10(5-9)15(14)16/h3-4,6-10,14-16H,1-2,5H2,(H2,17,19). The predicted molar refractivity (Wildman–Crippen MR) is 76.7 cm³/mol. The molecule has 4 unspecified atom stereocenters. The first-order chi connectivity index (χ1) is 9.83. The number of fused-ring (bicyclic) bond motifs is 5. The summed E-state index contributed by atoms with van der Waals surface area (Å²) < 4.78 is 2.40. The van der Waals surface area contributed by atoms with Gasteiger partial charge < -0.3 is 10.3 Å². The average Bonchev–Trinajstić information content (AvgIpc) is 2.89. The molecule has 3 fully saturated rings. The summed E-state index contributed by atoms with van der Waals surface area (Å²) in [7, 11) is 0. The highest BCUT2D eigenvalue weighted by Crippen LogP contribution is 2.71. The van der Waals surface area contributed by atoms with Crippen LogP contribution in [-0.4, -0.2) is 14.5 Å². The SMILES string of the molecule is Nc1ccc(-c2cncn2C2C3C4CCC(C4)C32)cn1. The molecule has 0 amide bonds. The Balaban J connectivity index is 1.52. The Hall–Kier alpha value is -1.84.